The van der Waals surface area contributed by atoms with Crippen molar-refractivity contribution in [2.45, 2.75) is 0 Å². The molecule has 70 valence electrons. The fourth-order valence-electron chi connectivity index (χ4n) is 0.668. The predicted molar refractivity (Wildman–Crippen MR) is 61.2 cm³/mol. The van der Waals surface area contributed by atoms with Gasteiger partial charge in [-0.05, 0) is 17.8 Å². The van der Waals surface area contributed by atoms with Gasteiger partial charge >= 0.3 is 18.9 Å². The molecule has 1 nitrogen and oxygen atoms in total. The summed E-state index contributed by atoms with van der Waals surface area (Å²) < 4.78 is 0. The van der Waals surface area contributed by atoms with Crippen LogP contribution in [0, 0.1) is 0 Å². The first-order valence-corrected chi connectivity index (χ1v) is 4.02. The average molecular weight is 181 g/mol. The molecule has 0 saturated heterocycles. The van der Waals surface area contributed by atoms with Gasteiger partial charge in [-0.1, -0.05) is 55.6 Å². The minimum Gasteiger partial charge on any atom is -1.00 e. The van der Waals surface area contributed by atoms with Crippen molar-refractivity contribution >= 4 is 6.08 Å². The smallest absolute Gasteiger partial charge is 1.00 e. The Labute approximate surface area is 99.7 Å². The minimum absolute atomic E-state index is 0. The second kappa shape index (κ2) is 11.8. The Balaban J connectivity index is -0.000000185. The average Bonchev–Trinajstić information content (AvgIpc) is 2.21. The molecule has 2 heteroatoms. The number of hydrogen-bond acceptors (Lipinski definition) is 1. The Morgan fingerprint density at radius 2 is 1.71 bits per heavy atom. The third-order valence-electron chi connectivity index (χ3n) is 1.28. The van der Waals surface area contributed by atoms with Crippen LogP contribution >= 0.6 is 0 Å². The van der Waals surface area contributed by atoms with Crippen molar-refractivity contribution in [2.24, 2.45) is 5.73 Å². The van der Waals surface area contributed by atoms with E-state index in [1.54, 1.807) is 12.2 Å². The van der Waals surface area contributed by atoms with Crippen LogP contribution in [0.1, 0.15) is 6.99 Å². The molecule has 0 saturated carbocycles. The van der Waals surface area contributed by atoms with Gasteiger partial charge in [0.25, 0.3) is 0 Å². The summed E-state index contributed by atoms with van der Waals surface area (Å²) in [5.41, 5.74) is 6.06. The first-order valence-electron chi connectivity index (χ1n) is 4.02. The van der Waals surface area contributed by atoms with E-state index in [1.165, 1.54) is 11.8 Å². The molecular weight excluding hydrogens is 165 g/mol. The number of rotatable bonds is 2. The molecule has 0 aromatic heterocycles. The van der Waals surface area contributed by atoms with Gasteiger partial charge in [0, 0.05) is 0 Å². The Bertz CT molecular complexity index is 270. The van der Waals surface area contributed by atoms with Crippen LogP contribution in [0.25, 0.3) is 6.08 Å². The monoisotopic (exact) mass is 181 g/mol. The Morgan fingerprint density at radius 3 is 1.93 bits per heavy atom. The van der Waals surface area contributed by atoms with Crippen LogP contribution in [-0.2, 0) is 0 Å². The van der Waals surface area contributed by atoms with E-state index >= 15 is 0 Å². The van der Waals surface area contributed by atoms with Gasteiger partial charge in [0.05, 0.1) is 0 Å². The number of benzene rings is 1. The Kier molecular flexibility index (Phi) is 12.9. The van der Waals surface area contributed by atoms with Crippen LogP contribution in [0.2, 0.25) is 0 Å². The van der Waals surface area contributed by atoms with Crippen LogP contribution < -0.4 is 24.6 Å². The third-order valence-corrected chi connectivity index (χ3v) is 1.28. The van der Waals surface area contributed by atoms with Crippen molar-refractivity contribution < 1.29 is 20.3 Å². The summed E-state index contributed by atoms with van der Waals surface area (Å²) in [6.07, 6.45) is 6.56. The van der Waals surface area contributed by atoms with Gasteiger partial charge in [0.1, 0.15) is 0 Å². The molecular formula is C12H16LiN. The summed E-state index contributed by atoms with van der Waals surface area (Å²) in [7, 11) is 0. The molecule has 14 heavy (non-hydrogen) atoms. The predicted octanol–water partition coefficient (Wildman–Crippen LogP) is 0.0909. The normalized spacial score (nSPS) is 8.00. The van der Waals surface area contributed by atoms with Gasteiger partial charge in [-0.15, -0.1) is 0 Å². The van der Waals surface area contributed by atoms with Crippen molar-refractivity contribution in [2.75, 3.05) is 0 Å². The molecule has 0 atom stereocenters. The Morgan fingerprint density at radius 1 is 1.14 bits per heavy atom. The quantitative estimate of drug-likeness (QED) is 0.508. The summed E-state index contributed by atoms with van der Waals surface area (Å²) in [6, 6.07) is 10.0. The summed E-state index contributed by atoms with van der Waals surface area (Å²) in [6.45, 7) is 7.01. The third kappa shape index (κ3) is 8.93. The zero-order valence-corrected chi connectivity index (χ0v) is 8.69. The van der Waals surface area contributed by atoms with E-state index < -0.39 is 0 Å². The molecule has 0 radical (unpaired) electrons. The minimum atomic E-state index is 0. The van der Waals surface area contributed by atoms with Crippen molar-refractivity contribution in [3.05, 3.63) is 67.4 Å². The van der Waals surface area contributed by atoms with E-state index in [1.807, 2.05) is 36.4 Å². The molecule has 0 bridgehead atoms. The molecule has 0 spiro atoms. The van der Waals surface area contributed by atoms with Crippen LogP contribution in [0.3, 0.4) is 0 Å². The number of nitrogens with two attached hydrogens (primary N) is 1. The molecule has 0 unspecified atom stereocenters. The van der Waals surface area contributed by atoms with Gasteiger partial charge in [0.2, 0.25) is 0 Å². The van der Waals surface area contributed by atoms with E-state index in [2.05, 4.69) is 13.2 Å². The largest absolute Gasteiger partial charge is 1.00 e. The molecule has 1 aromatic carbocycles. The Hall–Kier alpha value is -1.16. The van der Waals surface area contributed by atoms with Gasteiger partial charge in [-0.2, -0.15) is 0 Å². The zero-order chi connectivity index (χ0) is 9.94. The molecule has 1 aromatic rings. The first kappa shape index (κ1) is 15.3. The van der Waals surface area contributed by atoms with Crippen LogP contribution in [0.15, 0.2) is 61.8 Å². The molecule has 0 heterocycles. The van der Waals surface area contributed by atoms with Crippen molar-refractivity contribution in [3.63, 3.8) is 0 Å². The van der Waals surface area contributed by atoms with E-state index in [-0.39, 0.29) is 20.3 Å². The molecule has 0 amide bonds. The molecule has 2 N–H and O–H groups in total. The summed E-state index contributed by atoms with van der Waals surface area (Å²) >= 11 is 0. The fourth-order valence-corrected chi connectivity index (χ4v) is 0.668. The molecule has 0 aliphatic heterocycles. The van der Waals surface area contributed by atoms with Crippen molar-refractivity contribution in [1.29, 1.82) is 0 Å². The second-order valence-electron chi connectivity index (χ2n) is 2.24. The maximum absolute atomic E-state index is 4.89. The summed E-state index contributed by atoms with van der Waals surface area (Å²) in [4.78, 5) is 0. The second-order valence-corrected chi connectivity index (χ2v) is 2.24. The van der Waals surface area contributed by atoms with Crippen LogP contribution in [0.4, 0.5) is 0 Å². The van der Waals surface area contributed by atoms with Crippen LogP contribution in [-0.4, -0.2) is 0 Å². The standard InChI is InChI=1S/C8H8.C4H7N.Li.H/c1-2-8-6-4-3-5-7-8;1-2-3-4-5;;/h2-7H,1H2;2-4H,1,5H2;;/q;;+1;-1. The van der Waals surface area contributed by atoms with Gasteiger partial charge < -0.3 is 7.16 Å². The molecule has 0 fully saturated rings. The summed E-state index contributed by atoms with van der Waals surface area (Å²) in [5, 5.41) is 0. The van der Waals surface area contributed by atoms with Crippen LogP contribution in [0.5, 0.6) is 0 Å². The van der Waals surface area contributed by atoms with E-state index in [0.29, 0.717) is 0 Å². The number of allylic oxidation sites excluding steroid dienone is 2. The van der Waals surface area contributed by atoms with Gasteiger partial charge in [0.15, 0.2) is 0 Å². The van der Waals surface area contributed by atoms with E-state index in [9.17, 15) is 0 Å². The molecule has 1 rings (SSSR count). The fraction of sp³-hybridized carbons (Fsp3) is 0. The van der Waals surface area contributed by atoms with E-state index in [4.69, 9.17) is 5.73 Å². The SMILES string of the molecule is C=CC=CN.C=Cc1ccccc1.[H-].[Li+]. The molecule has 0 aliphatic carbocycles. The van der Waals surface area contributed by atoms with Gasteiger partial charge in [-0.3, -0.25) is 0 Å². The maximum Gasteiger partial charge on any atom is 1.00 e. The zero-order valence-electron chi connectivity index (χ0n) is 9.69. The van der Waals surface area contributed by atoms with Crippen molar-refractivity contribution in [3.8, 4) is 0 Å². The van der Waals surface area contributed by atoms with Gasteiger partial charge in [-0.25, -0.2) is 0 Å². The number of hydrogen-bond donors (Lipinski definition) is 1. The van der Waals surface area contributed by atoms with Crippen molar-refractivity contribution in [1.82, 2.24) is 0 Å². The topological polar surface area (TPSA) is 26.0 Å². The maximum atomic E-state index is 4.89. The molecule has 0 aliphatic rings. The first-order chi connectivity index (χ1) is 6.35. The van der Waals surface area contributed by atoms with E-state index in [0.717, 1.165) is 0 Å². The summed E-state index contributed by atoms with van der Waals surface area (Å²) in [5.74, 6) is 0.